The van der Waals surface area contributed by atoms with Gasteiger partial charge in [0.1, 0.15) is 5.82 Å². The minimum Gasteiger partial charge on any atom is -0.382 e. The molecule has 0 spiro atoms. The SMILES string of the molecule is Fc1cc(Br)cc2c1NCCC2. The van der Waals surface area contributed by atoms with E-state index in [2.05, 4.69) is 21.2 Å². The van der Waals surface area contributed by atoms with Gasteiger partial charge in [-0.25, -0.2) is 4.39 Å². The Morgan fingerprint density at radius 3 is 3.08 bits per heavy atom. The Kier molecular flexibility index (Phi) is 2.05. The molecule has 0 unspecified atom stereocenters. The minimum atomic E-state index is -0.154. The zero-order valence-corrected chi connectivity index (χ0v) is 8.12. The van der Waals surface area contributed by atoms with Crippen molar-refractivity contribution >= 4 is 21.6 Å². The van der Waals surface area contributed by atoms with Crippen molar-refractivity contribution in [1.29, 1.82) is 0 Å². The Labute approximate surface area is 79.1 Å². The van der Waals surface area contributed by atoms with Crippen LogP contribution in [0.2, 0.25) is 0 Å². The first-order valence-electron chi connectivity index (χ1n) is 3.99. The summed E-state index contributed by atoms with van der Waals surface area (Å²) < 4.78 is 14.1. The van der Waals surface area contributed by atoms with Gasteiger partial charge in [-0.2, -0.15) is 0 Å². The van der Waals surface area contributed by atoms with E-state index in [1.165, 1.54) is 6.07 Å². The highest BCUT2D eigenvalue weighted by Crippen LogP contribution is 2.28. The van der Waals surface area contributed by atoms with Crippen molar-refractivity contribution in [3.05, 3.63) is 28.0 Å². The first-order valence-corrected chi connectivity index (χ1v) is 4.78. The fraction of sp³-hybridized carbons (Fsp3) is 0.333. The molecule has 1 aliphatic rings. The van der Waals surface area contributed by atoms with Crippen molar-refractivity contribution in [2.75, 3.05) is 11.9 Å². The summed E-state index contributed by atoms with van der Waals surface area (Å²) in [5.41, 5.74) is 1.76. The maximum Gasteiger partial charge on any atom is 0.147 e. The molecule has 0 fully saturated rings. The van der Waals surface area contributed by atoms with Crippen LogP contribution in [0.25, 0.3) is 0 Å². The number of benzene rings is 1. The number of rotatable bonds is 0. The van der Waals surface area contributed by atoms with Crippen LogP contribution < -0.4 is 5.32 Å². The summed E-state index contributed by atoms with van der Waals surface area (Å²) in [6.45, 7) is 0.881. The molecule has 0 radical (unpaired) electrons. The molecular weight excluding hydrogens is 221 g/mol. The molecule has 12 heavy (non-hydrogen) atoms. The summed E-state index contributed by atoms with van der Waals surface area (Å²) >= 11 is 3.27. The monoisotopic (exact) mass is 229 g/mol. The Hall–Kier alpha value is -0.570. The number of aryl methyl sites for hydroxylation is 1. The molecule has 0 amide bonds. The lowest BCUT2D eigenvalue weighted by Crippen LogP contribution is -2.13. The molecule has 0 aromatic heterocycles. The summed E-state index contributed by atoms with van der Waals surface area (Å²) in [5, 5.41) is 3.06. The largest absolute Gasteiger partial charge is 0.382 e. The Bertz CT molecular complexity index is 312. The van der Waals surface area contributed by atoms with Gasteiger partial charge in [0, 0.05) is 11.0 Å². The maximum atomic E-state index is 13.2. The van der Waals surface area contributed by atoms with Gasteiger partial charge >= 0.3 is 0 Å². The van der Waals surface area contributed by atoms with Crippen molar-refractivity contribution in [3.8, 4) is 0 Å². The molecule has 1 nitrogen and oxygen atoms in total. The third-order valence-corrected chi connectivity index (χ3v) is 2.52. The molecule has 1 aliphatic heterocycles. The Morgan fingerprint density at radius 2 is 2.25 bits per heavy atom. The van der Waals surface area contributed by atoms with Gasteiger partial charge in [-0.15, -0.1) is 0 Å². The fourth-order valence-electron chi connectivity index (χ4n) is 1.51. The van der Waals surface area contributed by atoms with Crippen molar-refractivity contribution in [2.45, 2.75) is 12.8 Å². The maximum absolute atomic E-state index is 13.2. The van der Waals surface area contributed by atoms with Crippen molar-refractivity contribution < 1.29 is 4.39 Å². The van der Waals surface area contributed by atoms with Crippen LogP contribution in [0.4, 0.5) is 10.1 Å². The van der Waals surface area contributed by atoms with E-state index in [0.29, 0.717) is 5.69 Å². The van der Waals surface area contributed by atoms with Crippen molar-refractivity contribution in [3.63, 3.8) is 0 Å². The van der Waals surface area contributed by atoms with Crippen LogP contribution in [0.5, 0.6) is 0 Å². The molecule has 0 bridgehead atoms. The Balaban J connectivity index is 2.53. The predicted molar refractivity (Wildman–Crippen MR) is 50.9 cm³/mol. The standard InChI is InChI=1S/C9H9BrFN/c10-7-4-6-2-1-3-12-9(6)8(11)5-7/h4-5,12H,1-3H2. The summed E-state index contributed by atoms with van der Waals surface area (Å²) in [4.78, 5) is 0. The van der Waals surface area contributed by atoms with Crippen LogP contribution in [0.3, 0.4) is 0 Å². The van der Waals surface area contributed by atoms with E-state index in [1.54, 1.807) is 0 Å². The van der Waals surface area contributed by atoms with Crippen LogP contribution in [0.15, 0.2) is 16.6 Å². The van der Waals surface area contributed by atoms with E-state index in [-0.39, 0.29) is 5.82 Å². The van der Waals surface area contributed by atoms with Gasteiger partial charge in [-0.05, 0) is 30.5 Å². The second kappa shape index (κ2) is 3.05. The second-order valence-corrected chi connectivity index (χ2v) is 3.87. The van der Waals surface area contributed by atoms with Gasteiger partial charge in [-0.3, -0.25) is 0 Å². The summed E-state index contributed by atoms with van der Waals surface area (Å²) in [6.07, 6.45) is 2.06. The summed E-state index contributed by atoms with van der Waals surface area (Å²) in [5.74, 6) is -0.154. The van der Waals surface area contributed by atoms with E-state index in [9.17, 15) is 4.39 Å². The molecule has 3 heteroatoms. The highest BCUT2D eigenvalue weighted by Gasteiger charge is 2.13. The molecular formula is C9H9BrFN. The van der Waals surface area contributed by atoms with Gasteiger partial charge in [0.05, 0.1) is 5.69 Å². The summed E-state index contributed by atoms with van der Waals surface area (Å²) in [7, 11) is 0. The smallest absolute Gasteiger partial charge is 0.147 e. The summed E-state index contributed by atoms with van der Waals surface area (Å²) in [6, 6.07) is 3.47. The third-order valence-electron chi connectivity index (χ3n) is 2.06. The fourth-order valence-corrected chi connectivity index (χ4v) is 1.99. The average Bonchev–Trinajstić information content (AvgIpc) is 2.04. The van der Waals surface area contributed by atoms with Crippen LogP contribution in [-0.2, 0) is 6.42 Å². The van der Waals surface area contributed by atoms with E-state index < -0.39 is 0 Å². The first-order chi connectivity index (χ1) is 5.77. The highest BCUT2D eigenvalue weighted by molar-refractivity contribution is 9.10. The Morgan fingerprint density at radius 1 is 1.42 bits per heavy atom. The van der Waals surface area contributed by atoms with Crippen LogP contribution in [-0.4, -0.2) is 6.54 Å². The van der Waals surface area contributed by atoms with Crippen molar-refractivity contribution in [2.24, 2.45) is 0 Å². The van der Waals surface area contributed by atoms with Gasteiger partial charge in [0.25, 0.3) is 0 Å². The zero-order valence-electron chi connectivity index (χ0n) is 6.53. The van der Waals surface area contributed by atoms with Crippen LogP contribution in [0, 0.1) is 5.82 Å². The van der Waals surface area contributed by atoms with Gasteiger partial charge < -0.3 is 5.32 Å². The van der Waals surface area contributed by atoms with Gasteiger partial charge in [0.15, 0.2) is 0 Å². The van der Waals surface area contributed by atoms with E-state index in [0.717, 1.165) is 29.4 Å². The second-order valence-electron chi connectivity index (χ2n) is 2.95. The molecule has 2 rings (SSSR count). The first kappa shape index (κ1) is 8.05. The molecule has 1 N–H and O–H groups in total. The van der Waals surface area contributed by atoms with E-state index in [1.807, 2.05) is 6.07 Å². The molecule has 0 aliphatic carbocycles. The lowest BCUT2D eigenvalue weighted by atomic mass is 10.0. The lowest BCUT2D eigenvalue weighted by Gasteiger charge is -2.18. The number of nitrogens with one attached hydrogen (secondary N) is 1. The third kappa shape index (κ3) is 1.33. The minimum absolute atomic E-state index is 0.154. The predicted octanol–water partition coefficient (Wildman–Crippen LogP) is 2.95. The lowest BCUT2D eigenvalue weighted by molar-refractivity contribution is 0.622. The molecule has 1 aromatic rings. The number of halogens is 2. The molecule has 1 heterocycles. The normalized spacial score (nSPS) is 15.2. The van der Waals surface area contributed by atoms with Gasteiger partial charge in [0.2, 0.25) is 0 Å². The topological polar surface area (TPSA) is 12.0 Å². The van der Waals surface area contributed by atoms with Gasteiger partial charge in [-0.1, -0.05) is 15.9 Å². The highest BCUT2D eigenvalue weighted by atomic mass is 79.9. The number of hydrogen-bond donors (Lipinski definition) is 1. The van der Waals surface area contributed by atoms with E-state index >= 15 is 0 Å². The molecule has 0 atom stereocenters. The number of hydrogen-bond acceptors (Lipinski definition) is 1. The number of anilines is 1. The van der Waals surface area contributed by atoms with Crippen molar-refractivity contribution in [1.82, 2.24) is 0 Å². The molecule has 0 saturated carbocycles. The molecule has 1 aromatic carbocycles. The molecule has 64 valence electrons. The zero-order chi connectivity index (χ0) is 8.55. The van der Waals surface area contributed by atoms with Crippen LogP contribution in [0.1, 0.15) is 12.0 Å². The van der Waals surface area contributed by atoms with E-state index in [4.69, 9.17) is 0 Å². The van der Waals surface area contributed by atoms with Crippen LogP contribution >= 0.6 is 15.9 Å². The quantitative estimate of drug-likeness (QED) is 0.722. The average molecular weight is 230 g/mol. The number of fused-ring (bicyclic) bond motifs is 1. The molecule has 0 saturated heterocycles.